The fourth-order valence-corrected chi connectivity index (χ4v) is 2.08. The van der Waals surface area contributed by atoms with Crippen molar-refractivity contribution in [1.82, 2.24) is 4.98 Å². The first kappa shape index (κ1) is 13.0. The molecular weight excluding hydrogens is 262 g/mol. The summed E-state index contributed by atoms with van der Waals surface area (Å²) in [6.45, 7) is 0. The largest absolute Gasteiger partial charge is 0.506 e. The number of benzene rings is 2. The number of hydrogen-bond donors (Lipinski definition) is 1. The fraction of sp³-hybridized carbons (Fsp3) is 0.0556. The maximum absolute atomic E-state index is 9.81. The summed E-state index contributed by atoms with van der Waals surface area (Å²) in [5, 5.41) is 10.7. The molecule has 3 rings (SSSR count). The van der Waals surface area contributed by atoms with E-state index in [1.807, 2.05) is 36.4 Å². The van der Waals surface area contributed by atoms with Crippen molar-refractivity contribution in [3.8, 4) is 23.3 Å². The van der Waals surface area contributed by atoms with E-state index in [1.54, 1.807) is 25.4 Å². The molecule has 0 aliphatic heterocycles. The molecule has 1 heterocycles. The zero-order chi connectivity index (χ0) is 14.7. The Balaban J connectivity index is 2.02. The maximum atomic E-state index is 9.81. The second-order valence-electron chi connectivity index (χ2n) is 4.51. The Morgan fingerprint density at radius 2 is 1.81 bits per heavy atom. The Kier molecular flexibility index (Phi) is 3.44. The Bertz CT molecular complexity index is 842. The lowest BCUT2D eigenvalue weighted by Crippen LogP contribution is -1.84. The number of nitrogens with zero attached hydrogens (tertiary/aromatic N) is 1. The minimum absolute atomic E-state index is 0.167. The van der Waals surface area contributed by atoms with Crippen LogP contribution in [-0.2, 0) is 0 Å². The zero-order valence-corrected chi connectivity index (χ0v) is 11.5. The summed E-state index contributed by atoms with van der Waals surface area (Å²) in [5.74, 6) is 7.21. The van der Waals surface area contributed by atoms with Crippen LogP contribution in [0.2, 0.25) is 0 Å². The first-order chi connectivity index (χ1) is 10.3. The van der Waals surface area contributed by atoms with E-state index in [-0.39, 0.29) is 5.75 Å². The third-order valence-corrected chi connectivity index (χ3v) is 3.18. The van der Waals surface area contributed by atoms with Gasteiger partial charge in [-0.05, 0) is 48.5 Å². The minimum Gasteiger partial charge on any atom is -0.506 e. The van der Waals surface area contributed by atoms with E-state index < -0.39 is 0 Å². The average Bonchev–Trinajstić information content (AvgIpc) is 2.55. The van der Waals surface area contributed by atoms with Crippen LogP contribution in [0.1, 0.15) is 11.1 Å². The van der Waals surface area contributed by atoms with E-state index in [0.717, 1.165) is 22.3 Å². The Morgan fingerprint density at radius 3 is 2.57 bits per heavy atom. The molecule has 1 aromatic heterocycles. The van der Waals surface area contributed by atoms with Gasteiger partial charge in [0.1, 0.15) is 17.0 Å². The molecule has 2 aromatic carbocycles. The van der Waals surface area contributed by atoms with Crippen LogP contribution in [0.5, 0.6) is 11.5 Å². The third-order valence-electron chi connectivity index (χ3n) is 3.18. The molecular formula is C18H13NO2. The molecule has 0 aliphatic rings. The van der Waals surface area contributed by atoms with Crippen molar-refractivity contribution in [1.29, 1.82) is 0 Å². The van der Waals surface area contributed by atoms with Gasteiger partial charge in [-0.2, -0.15) is 0 Å². The Morgan fingerprint density at radius 1 is 1.00 bits per heavy atom. The second kappa shape index (κ2) is 5.56. The van der Waals surface area contributed by atoms with E-state index in [1.165, 1.54) is 0 Å². The van der Waals surface area contributed by atoms with Gasteiger partial charge >= 0.3 is 0 Å². The Hall–Kier alpha value is -2.99. The molecule has 0 aliphatic carbocycles. The molecule has 1 N–H and O–H groups in total. The minimum atomic E-state index is 0.167. The summed E-state index contributed by atoms with van der Waals surface area (Å²) in [6, 6.07) is 14.7. The number of hydrogen-bond acceptors (Lipinski definition) is 3. The molecule has 0 spiro atoms. The van der Waals surface area contributed by atoms with Gasteiger partial charge in [-0.25, -0.2) is 0 Å². The Labute approximate surface area is 122 Å². The molecule has 21 heavy (non-hydrogen) atoms. The molecule has 0 atom stereocenters. The lowest BCUT2D eigenvalue weighted by Gasteiger charge is -2.02. The van der Waals surface area contributed by atoms with Gasteiger partial charge in [0.05, 0.1) is 7.11 Å². The normalized spacial score (nSPS) is 9.95. The number of aromatic hydroxyl groups is 1. The molecule has 3 aromatic rings. The van der Waals surface area contributed by atoms with Gasteiger partial charge in [-0.1, -0.05) is 11.8 Å². The highest BCUT2D eigenvalue weighted by atomic mass is 16.5. The molecule has 102 valence electrons. The van der Waals surface area contributed by atoms with Crippen LogP contribution in [0, 0.1) is 11.8 Å². The van der Waals surface area contributed by atoms with Crippen molar-refractivity contribution in [3.63, 3.8) is 0 Å². The predicted molar refractivity (Wildman–Crippen MR) is 82.4 cm³/mol. The monoisotopic (exact) mass is 275 g/mol. The van der Waals surface area contributed by atoms with Crippen molar-refractivity contribution in [2.45, 2.75) is 0 Å². The molecule has 0 radical (unpaired) electrons. The summed E-state index contributed by atoms with van der Waals surface area (Å²) in [5.41, 5.74) is 2.31. The lowest BCUT2D eigenvalue weighted by atomic mass is 10.1. The highest BCUT2D eigenvalue weighted by molar-refractivity contribution is 5.89. The predicted octanol–water partition coefficient (Wildman–Crippen LogP) is 3.35. The molecule has 0 saturated heterocycles. The summed E-state index contributed by atoms with van der Waals surface area (Å²) in [7, 11) is 1.64. The van der Waals surface area contributed by atoms with E-state index in [4.69, 9.17) is 4.74 Å². The molecule has 0 bridgehead atoms. The van der Waals surface area contributed by atoms with Crippen molar-refractivity contribution in [2.75, 3.05) is 7.11 Å². The zero-order valence-electron chi connectivity index (χ0n) is 11.5. The number of phenolic OH excluding ortho intramolecular Hbond substituents is 1. The number of pyridine rings is 1. The average molecular weight is 275 g/mol. The van der Waals surface area contributed by atoms with Gasteiger partial charge in [0.25, 0.3) is 0 Å². The summed E-state index contributed by atoms with van der Waals surface area (Å²) in [6.07, 6.45) is 1.66. The van der Waals surface area contributed by atoms with E-state index in [0.29, 0.717) is 5.52 Å². The number of phenols is 1. The van der Waals surface area contributed by atoms with Crippen molar-refractivity contribution in [3.05, 3.63) is 65.9 Å². The van der Waals surface area contributed by atoms with Gasteiger partial charge in [0.2, 0.25) is 0 Å². The standard InChI is InChI=1S/C18H13NO2/c1-21-15-9-5-13(6-10-15)4-7-14-8-11-17(20)18-16(14)3-2-12-19-18/h2-3,5-6,8-12,20H,1H3. The molecule has 0 fully saturated rings. The SMILES string of the molecule is COc1ccc(C#Cc2ccc(O)c3ncccc23)cc1. The maximum Gasteiger partial charge on any atom is 0.141 e. The highest BCUT2D eigenvalue weighted by Gasteiger charge is 2.03. The smallest absolute Gasteiger partial charge is 0.141 e. The van der Waals surface area contributed by atoms with Crippen LogP contribution in [0.4, 0.5) is 0 Å². The van der Waals surface area contributed by atoms with Crippen molar-refractivity contribution >= 4 is 10.9 Å². The van der Waals surface area contributed by atoms with Crippen molar-refractivity contribution in [2.24, 2.45) is 0 Å². The number of aromatic nitrogens is 1. The summed E-state index contributed by atoms with van der Waals surface area (Å²) < 4.78 is 5.12. The summed E-state index contributed by atoms with van der Waals surface area (Å²) in [4.78, 5) is 4.18. The fourth-order valence-electron chi connectivity index (χ4n) is 2.08. The molecule has 0 amide bonds. The molecule has 0 saturated carbocycles. The van der Waals surface area contributed by atoms with Gasteiger partial charge in [0, 0.05) is 22.7 Å². The van der Waals surface area contributed by atoms with Crippen LogP contribution in [0.15, 0.2) is 54.7 Å². The highest BCUT2D eigenvalue weighted by Crippen LogP contribution is 2.24. The number of fused-ring (bicyclic) bond motifs is 1. The number of methoxy groups -OCH3 is 1. The van der Waals surface area contributed by atoms with Crippen LogP contribution in [0.3, 0.4) is 0 Å². The van der Waals surface area contributed by atoms with Crippen LogP contribution in [0.25, 0.3) is 10.9 Å². The van der Waals surface area contributed by atoms with E-state index >= 15 is 0 Å². The lowest BCUT2D eigenvalue weighted by molar-refractivity contribution is 0.415. The van der Waals surface area contributed by atoms with E-state index in [9.17, 15) is 5.11 Å². The van der Waals surface area contributed by atoms with E-state index in [2.05, 4.69) is 16.8 Å². The van der Waals surface area contributed by atoms with Crippen LogP contribution in [-0.4, -0.2) is 17.2 Å². The van der Waals surface area contributed by atoms with Crippen LogP contribution >= 0.6 is 0 Å². The van der Waals surface area contributed by atoms with Gasteiger partial charge < -0.3 is 9.84 Å². The molecule has 3 nitrogen and oxygen atoms in total. The number of ether oxygens (including phenoxy) is 1. The quantitative estimate of drug-likeness (QED) is 0.692. The van der Waals surface area contributed by atoms with Gasteiger partial charge in [-0.15, -0.1) is 0 Å². The number of rotatable bonds is 1. The van der Waals surface area contributed by atoms with Crippen molar-refractivity contribution < 1.29 is 9.84 Å². The van der Waals surface area contributed by atoms with Gasteiger partial charge in [-0.3, -0.25) is 4.98 Å². The summed E-state index contributed by atoms with van der Waals surface area (Å²) >= 11 is 0. The molecule has 0 unspecified atom stereocenters. The van der Waals surface area contributed by atoms with Crippen LogP contribution < -0.4 is 4.74 Å². The first-order valence-corrected chi connectivity index (χ1v) is 6.51. The third kappa shape index (κ3) is 2.65. The second-order valence-corrected chi connectivity index (χ2v) is 4.51. The first-order valence-electron chi connectivity index (χ1n) is 6.51. The molecule has 3 heteroatoms. The van der Waals surface area contributed by atoms with Gasteiger partial charge in [0.15, 0.2) is 0 Å². The topological polar surface area (TPSA) is 42.4 Å².